The number of hydrogen-bond acceptors (Lipinski definition) is 6. The highest BCUT2D eigenvalue weighted by Crippen LogP contribution is 2.24. The molecule has 0 aliphatic carbocycles. The number of nitrogens with zero attached hydrogens (tertiary/aromatic N) is 2. The average Bonchev–Trinajstić information content (AvgIpc) is 2.55. The minimum atomic E-state index is -0.772. The first-order valence-corrected chi connectivity index (χ1v) is 6.52. The molecule has 0 aliphatic heterocycles. The first-order valence-electron chi connectivity index (χ1n) is 6.52. The number of carbonyl (C=O) groups excluding carboxylic acids is 1. The van der Waals surface area contributed by atoms with Gasteiger partial charge >= 0.3 is 0 Å². The predicted octanol–water partition coefficient (Wildman–Crippen LogP) is 1.20. The van der Waals surface area contributed by atoms with Crippen molar-refractivity contribution in [3.8, 4) is 11.5 Å². The fourth-order valence-electron chi connectivity index (χ4n) is 1.66. The molecule has 2 aromatic rings. The van der Waals surface area contributed by atoms with E-state index in [1.807, 2.05) is 6.07 Å². The maximum atomic E-state index is 11.7. The molecule has 0 spiro atoms. The molecular formula is C15H12N3O5-. The Morgan fingerprint density at radius 1 is 1.22 bits per heavy atom. The Morgan fingerprint density at radius 2 is 1.96 bits per heavy atom. The number of nitro groups is 1. The van der Waals surface area contributed by atoms with Crippen LogP contribution in [0.5, 0.6) is 11.5 Å². The van der Waals surface area contributed by atoms with Crippen molar-refractivity contribution in [2.75, 3.05) is 6.61 Å². The van der Waals surface area contributed by atoms with Gasteiger partial charge in [0, 0.05) is 6.07 Å². The number of benzene rings is 2. The molecule has 0 saturated heterocycles. The molecule has 0 aliphatic rings. The van der Waals surface area contributed by atoms with E-state index in [1.54, 1.807) is 24.3 Å². The number of rotatable bonds is 6. The van der Waals surface area contributed by atoms with Gasteiger partial charge in [-0.2, -0.15) is 5.10 Å². The zero-order valence-electron chi connectivity index (χ0n) is 11.8. The third-order valence-electron chi connectivity index (χ3n) is 2.73. The zero-order valence-corrected chi connectivity index (χ0v) is 11.8. The van der Waals surface area contributed by atoms with E-state index in [9.17, 15) is 20.0 Å². The molecule has 1 N–H and O–H groups in total. The van der Waals surface area contributed by atoms with E-state index >= 15 is 0 Å². The first-order chi connectivity index (χ1) is 11.1. The van der Waals surface area contributed by atoms with Crippen molar-refractivity contribution < 1.29 is 19.6 Å². The van der Waals surface area contributed by atoms with E-state index in [0.717, 1.165) is 12.3 Å². The largest absolute Gasteiger partial charge is 0.867 e. The highest BCUT2D eigenvalue weighted by Gasteiger charge is 2.08. The van der Waals surface area contributed by atoms with Gasteiger partial charge in [0.25, 0.3) is 11.6 Å². The van der Waals surface area contributed by atoms with Gasteiger partial charge in [-0.15, -0.1) is 0 Å². The second-order valence-electron chi connectivity index (χ2n) is 4.35. The molecule has 23 heavy (non-hydrogen) atoms. The number of hydrogen-bond donors (Lipinski definition) is 1. The van der Waals surface area contributed by atoms with Gasteiger partial charge in [-0.3, -0.25) is 14.9 Å². The van der Waals surface area contributed by atoms with Crippen LogP contribution in [0.3, 0.4) is 0 Å². The van der Waals surface area contributed by atoms with Crippen molar-refractivity contribution in [3.05, 3.63) is 64.2 Å². The topological polar surface area (TPSA) is 117 Å². The van der Waals surface area contributed by atoms with Gasteiger partial charge in [-0.05, 0) is 23.4 Å². The minimum Gasteiger partial charge on any atom is -0.867 e. The average molecular weight is 314 g/mol. The Hall–Kier alpha value is -3.42. The summed E-state index contributed by atoms with van der Waals surface area (Å²) in [4.78, 5) is 21.4. The summed E-state index contributed by atoms with van der Waals surface area (Å²) in [5.41, 5.74) is 1.63. The maximum absolute atomic E-state index is 11.7. The van der Waals surface area contributed by atoms with Crippen molar-refractivity contribution in [1.29, 1.82) is 0 Å². The van der Waals surface area contributed by atoms with Gasteiger partial charge in [0.15, 0.2) is 6.61 Å². The summed E-state index contributed by atoms with van der Waals surface area (Å²) >= 11 is 0. The van der Waals surface area contributed by atoms with E-state index in [2.05, 4.69) is 10.5 Å². The van der Waals surface area contributed by atoms with Gasteiger partial charge in [-0.25, -0.2) is 5.43 Å². The Balaban J connectivity index is 1.90. The number of amides is 1. The highest BCUT2D eigenvalue weighted by molar-refractivity contribution is 5.86. The zero-order chi connectivity index (χ0) is 16.7. The molecule has 8 nitrogen and oxygen atoms in total. The summed E-state index contributed by atoms with van der Waals surface area (Å²) in [6, 6.07) is 12.6. The van der Waals surface area contributed by atoms with Crippen molar-refractivity contribution >= 4 is 17.8 Å². The van der Waals surface area contributed by atoms with Gasteiger partial charge < -0.3 is 9.84 Å². The van der Waals surface area contributed by atoms with Crippen LogP contribution in [0.4, 0.5) is 5.69 Å². The molecule has 0 bridgehead atoms. The van der Waals surface area contributed by atoms with Gasteiger partial charge in [-0.1, -0.05) is 30.3 Å². The van der Waals surface area contributed by atoms with Crippen LogP contribution in [0, 0.1) is 10.1 Å². The summed E-state index contributed by atoms with van der Waals surface area (Å²) < 4.78 is 5.21. The molecule has 0 fully saturated rings. The lowest BCUT2D eigenvalue weighted by Gasteiger charge is -2.09. The fraction of sp³-hybridized carbons (Fsp3) is 0.0667. The van der Waals surface area contributed by atoms with E-state index in [-0.39, 0.29) is 12.2 Å². The molecule has 0 unspecified atom stereocenters. The summed E-state index contributed by atoms with van der Waals surface area (Å²) in [5, 5.41) is 26.0. The van der Waals surface area contributed by atoms with Gasteiger partial charge in [0.05, 0.1) is 11.1 Å². The van der Waals surface area contributed by atoms with Crippen LogP contribution >= 0.6 is 0 Å². The fourth-order valence-corrected chi connectivity index (χ4v) is 1.66. The van der Waals surface area contributed by atoms with Gasteiger partial charge in [0.2, 0.25) is 0 Å². The molecular weight excluding hydrogens is 302 g/mol. The van der Waals surface area contributed by atoms with E-state index in [1.165, 1.54) is 12.1 Å². The molecule has 0 saturated carbocycles. The first kappa shape index (κ1) is 16.0. The van der Waals surface area contributed by atoms with Crippen molar-refractivity contribution in [2.24, 2.45) is 5.10 Å². The van der Waals surface area contributed by atoms with Crippen molar-refractivity contribution in [3.63, 3.8) is 0 Å². The number of ether oxygens (including phenoxy) is 1. The summed E-state index contributed by atoms with van der Waals surface area (Å²) in [5.74, 6) is -0.758. The Morgan fingerprint density at radius 3 is 2.65 bits per heavy atom. The molecule has 8 heteroatoms. The van der Waals surface area contributed by atoms with E-state index < -0.39 is 22.3 Å². The van der Waals surface area contributed by atoms with Crippen LogP contribution in [0.2, 0.25) is 0 Å². The van der Waals surface area contributed by atoms with Crippen LogP contribution in [-0.2, 0) is 4.79 Å². The highest BCUT2D eigenvalue weighted by atomic mass is 16.6. The third-order valence-corrected chi connectivity index (χ3v) is 2.73. The van der Waals surface area contributed by atoms with Gasteiger partial charge in [0.1, 0.15) is 5.75 Å². The number of carbonyl (C=O) groups is 1. The lowest BCUT2D eigenvalue weighted by Crippen LogP contribution is -2.24. The smallest absolute Gasteiger partial charge is 0.277 e. The number of hydrazone groups is 1. The number of nitro benzene ring substituents is 1. The van der Waals surface area contributed by atoms with Crippen LogP contribution in [0.1, 0.15) is 5.56 Å². The number of nitrogens with one attached hydrogen (secondary N) is 1. The second kappa shape index (κ2) is 7.55. The minimum absolute atomic E-state index is 0.00322. The van der Waals surface area contributed by atoms with Crippen molar-refractivity contribution in [2.45, 2.75) is 0 Å². The quantitative estimate of drug-likeness (QED) is 0.488. The molecule has 0 heterocycles. The molecule has 1 amide bonds. The summed E-state index contributed by atoms with van der Waals surface area (Å²) in [6.45, 7) is -0.249. The molecule has 0 radical (unpaired) electrons. The predicted molar refractivity (Wildman–Crippen MR) is 80.2 cm³/mol. The van der Waals surface area contributed by atoms with Crippen LogP contribution in [-0.4, -0.2) is 23.7 Å². The molecule has 0 atom stereocenters. The Bertz CT molecular complexity index is 731. The summed E-state index contributed by atoms with van der Waals surface area (Å²) in [7, 11) is 0. The standard InChI is InChI=1S/C15H13N3O5/c19-14(10-23-12-6-2-1-3-7-12)17-16-9-11-5-4-8-13(15(11)20)18(21)22/h1-9,20H,10H2,(H,17,19)/p-1. The Kier molecular flexibility index (Phi) is 5.24. The molecule has 2 aromatic carbocycles. The van der Waals surface area contributed by atoms with Crippen molar-refractivity contribution in [1.82, 2.24) is 5.43 Å². The normalized spacial score (nSPS) is 10.4. The van der Waals surface area contributed by atoms with Crippen LogP contribution in [0.15, 0.2) is 53.6 Å². The lowest BCUT2D eigenvalue weighted by molar-refractivity contribution is -0.398. The summed E-state index contributed by atoms with van der Waals surface area (Å²) in [6.07, 6.45) is 1.05. The molecule has 118 valence electrons. The molecule has 0 aromatic heterocycles. The van der Waals surface area contributed by atoms with E-state index in [0.29, 0.717) is 5.75 Å². The number of para-hydroxylation sites is 2. The van der Waals surface area contributed by atoms with Crippen LogP contribution in [0.25, 0.3) is 0 Å². The second-order valence-corrected chi connectivity index (χ2v) is 4.35. The maximum Gasteiger partial charge on any atom is 0.277 e. The third kappa shape index (κ3) is 4.53. The lowest BCUT2D eigenvalue weighted by atomic mass is 10.2. The monoisotopic (exact) mass is 314 g/mol. The van der Waals surface area contributed by atoms with Crippen LogP contribution < -0.4 is 15.3 Å². The molecule has 2 rings (SSSR count). The SMILES string of the molecule is O=C(COc1ccccc1)NN=Cc1cccc([N+](=O)[O-])c1[O-]. The Labute approximate surface area is 131 Å². The van der Waals surface area contributed by atoms with E-state index in [4.69, 9.17) is 4.74 Å².